The Balaban J connectivity index is 1.98. The maximum atomic E-state index is 12.0. The van der Waals surface area contributed by atoms with Crippen molar-refractivity contribution in [2.45, 2.75) is 58.2 Å². The molecule has 1 unspecified atom stereocenters. The van der Waals surface area contributed by atoms with E-state index >= 15 is 0 Å². The van der Waals surface area contributed by atoms with Gasteiger partial charge in [0.15, 0.2) is 0 Å². The third-order valence-corrected chi connectivity index (χ3v) is 3.55. The Bertz CT molecular complexity index is 491. The Morgan fingerprint density at radius 2 is 2.33 bits per heavy atom. The molecule has 1 aromatic rings. The summed E-state index contributed by atoms with van der Waals surface area (Å²) >= 11 is 0. The third-order valence-electron chi connectivity index (χ3n) is 3.55. The molecule has 0 radical (unpaired) electrons. The van der Waals surface area contributed by atoms with Crippen LogP contribution in [0.5, 0.6) is 0 Å². The maximum absolute atomic E-state index is 12.0. The van der Waals surface area contributed by atoms with Crippen LogP contribution in [0.4, 0.5) is 0 Å². The average molecular weight is 295 g/mol. The van der Waals surface area contributed by atoms with Crippen molar-refractivity contribution in [1.82, 2.24) is 15.1 Å². The molecule has 2 N–H and O–H groups in total. The van der Waals surface area contributed by atoms with Crippen LogP contribution in [-0.4, -0.2) is 39.6 Å². The largest absolute Gasteiger partial charge is 0.394 e. The Morgan fingerprint density at radius 3 is 3.00 bits per heavy atom. The van der Waals surface area contributed by atoms with Gasteiger partial charge in [-0.3, -0.25) is 9.48 Å². The van der Waals surface area contributed by atoms with Gasteiger partial charge >= 0.3 is 0 Å². The second-order valence-electron chi connectivity index (χ2n) is 6.41. The number of carbonyl (C=O) groups is 1. The fourth-order valence-electron chi connectivity index (χ4n) is 2.57. The quantitative estimate of drug-likeness (QED) is 0.855. The van der Waals surface area contributed by atoms with E-state index in [2.05, 4.69) is 10.4 Å². The zero-order valence-electron chi connectivity index (χ0n) is 13.1. The first-order valence-corrected chi connectivity index (χ1v) is 7.49. The first-order chi connectivity index (χ1) is 9.90. The molecule has 0 aliphatic heterocycles. The smallest absolute Gasteiger partial charge is 0.246 e. The summed E-state index contributed by atoms with van der Waals surface area (Å²) in [6, 6.07) is -0.00254. The van der Waals surface area contributed by atoms with Crippen molar-refractivity contribution in [3.05, 3.63) is 17.5 Å². The number of hydrogen-bond acceptors (Lipinski definition) is 4. The number of rotatable bonds is 5. The van der Waals surface area contributed by atoms with Gasteiger partial charge < -0.3 is 15.2 Å². The number of amides is 1. The van der Waals surface area contributed by atoms with E-state index in [0.717, 1.165) is 30.5 Å². The van der Waals surface area contributed by atoms with Crippen LogP contribution in [0.1, 0.15) is 50.9 Å². The standard InChI is InChI=1S/C15H25N3O3/c1-15(2,3)21-10-14(20)17-12-5-4-6-13-11(12)9-16-18(13)7-8-19/h9,12,19H,4-8,10H2,1-3H3,(H,17,20). The summed E-state index contributed by atoms with van der Waals surface area (Å²) in [5.41, 5.74) is 1.87. The van der Waals surface area contributed by atoms with Crippen molar-refractivity contribution >= 4 is 5.91 Å². The lowest BCUT2D eigenvalue weighted by Crippen LogP contribution is -2.36. The van der Waals surface area contributed by atoms with E-state index in [-0.39, 0.29) is 30.8 Å². The molecule has 21 heavy (non-hydrogen) atoms. The Labute approximate surface area is 125 Å². The second kappa shape index (κ2) is 6.58. The Hall–Kier alpha value is -1.40. The number of ether oxygens (including phenoxy) is 1. The van der Waals surface area contributed by atoms with Crippen LogP contribution in [0, 0.1) is 0 Å². The van der Waals surface area contributed by atoms with Gasteiger partial charge in [-0.05, 0) is 40.0 Å². The predicted octanol–water partition coefficient (Wildman–Crippen LogP) is 1.18. The number of aromatic nitrogens is 2. The molecule has 1 heterocycles. The van der Waals surface area contributed by atoms with E-state index in [1.807, 2.05) is 25.5 Å². The molecule has 0 fully saturated rings. The van der Waals surface area contributed by atoms with Crippen LogP contribution < -0.4 is 5.32 Å². The van der Waals surface area contributed by atoms with Crippen molar-refractivity contribution in [3.63, 3.8) is 0 Å². The molecule has 1 aromatic heterocycles. The number of carbonyl (C=O) groups excluding carboxylic acids is 1. The molecular weight excluding hydrogens is 270 g/mol. The fourth-order valence-corrected chi connectivity index (χ4v) is 2.57. The van der Waals surface area contributed by atoms with E-state index < -0.39 is 0 Å². The molecular formula is C15H25N3O3. The summed E-state index contributed by atoms with van der Waals surface area (Å²) < 4.78 is 7.33. The average Bonchev–Trinajstić information content (AvgIpc) is 2.81. The number of hydrogen-bond donors (Lipinski definition) is 2. The third kappa shape index (κ3) is 4.28. The van der Waals surface area contributed by atoms with E-state index in [1.165, 1.54) is 0 Å². The van der Waals surface area contributed by atoms with Crippen LogP contribution in [0.25, 0.3) is 0 Å². The number of nitrogens with one attached hydrogen (secondary N) is 1. The maximum Gasteiger partial charge on any atom is 0.246 e. The van der Waals surface area contributed by atoms with Crippen LogP contribution >= 0.6 is 0 Å². The first-order valence-electron chi connectivity index (χ1n) is 7.49. The molecule has 0 spiro atoms. The van der Waals surface area contributed by atoms with Gasteiger partial charge in [-0.15, -0.1) is 0 Å². The summed E-state index contributed by atoms with van der Waals surface area (Å²) in [4.78, 5) is 12.0. The molecule has 0 bridgehead atoms. The molecule has 1 atom stereocenters. The number of aliphatic hydroxyl groups is 1. The highest BCUT2D eigenvalue weighted by atomic mass is 16.5. The molecule has 0 saturated heterocycles. The highest BCUT2D eigenvalue weighted by Crippen LogP contribution is 2.29. The molecule has 6 heteroatoms. The summed E-state index contributed by atoms with van der Waals surface area (Å²) in [7, 11) is 0. The van der Waals surface area contributed by atoms with Crippen molar-refractivity contribution in [3.8, 4) is 0 Å². The van der Waals surface area contributed by atoms with Gasteiger partial charge in [0.1, 0.15) is 6.61 Å². The highest BCUT2D eigenvalue weighted by Gasteiger charge is 2.25. The van der Waals surface area contributed by atoms with E-state index in [1.54, 1.807) is 6.20 Å². The van der Waals surface area contributed by atoms with Gasteiger partial charge in [0, 0.05) is 11.3 Å². The topological polar surface area (TPSA) is 76.4 Å². The molecule has 1 aliphatic carbocycles. The first kappa shape index (κ1) is 16.0. The van der Waals surface area contributed by atoms with Gasteiger partial charge in [0.2, 0.25) is 5.91 Å². The normalized spacial score (nSPS) is 18.4. The Kier molecular flexibility index (Phi) is 5.00. The van der Waals surface area contributed by atoms with Gasteiger partial charge in [-0.25, -0.2) is 0 Å². The van der Waals surface area contributed by atoms with Crippen molar-refractivity contribution in [2.24, 2.45) is 0 Å². The zero-order valence-corrected chi connectivity index (χ0v) is 13.1. The zero-order chi connectivity index (χ0) is 15.5. The van der Waals surface area contributed by atoms with Gasteiger partial charge in [-0.2, -0.15) is 5.10 Å². The van der Waals surface area contributed by atoms with Gasteiger partial charge in [0.05, 0.1) is 31.0 Å². The molecule has 1 aliphatic rings. The van der Waals surface area contributed by atoms with Gasteiger partial charge in [-0.1, -0.05) is 0 Å². The lowest BCUT2D eigenvalue weighted by molar-refractivity contribution is -0.131. The summed E-state index contributed by atoms with van der Waals surface area (Å²) in [6.07, 6.45) is 4.67. The summed E-state index contributed by atoms with van der Waals surface area (Å²) in [5.74, 6) is -0.0994. The summed E-state index contributed by atoms with van der Waals surface area (Å²) in [5, 5.41) is 16.4. The van der Waals surface area contributed by atoms with Crippen molar-refractivity contribution in [1.29, 1.82) is 0 Å². The monoisotopic (exact) mass is 295 g/mol. The second-order valence-corrected chi connectivity index (χ2v) is 6.41. The Morgan fingerprint density at radius 1 is 1.57 bits per heavy atom. The minimum Gasteiger partial charge on any atom is -0.394 e. The molecule has 1 amide bonds. The van der Waals surface area contributed by atoms with Crippen LogP contribution in [-0.2, 0) is 22.5 Å². The van der Waals surface area contributed by atoms with Crippen LogP contribution in [0.2, 0.25) is 0 Å². The SMILES string of the molecule is CC(C)(C)OCC(=O)NC1CCCc2c1cnn2CCO. The molecule has 0 saturated carbocycles. The predicted molar refractivity (Wildman–Crippen MR) is 78.8 cm³/mol. The van der Waals surface area contributed by atoms with E-state index in [4.69, 9.17) is 9.84 Å². The van der Waals surface area contributed by atoms with Crippen LogP contribution in [0.15, 0.2) is 6.20 Å². The minimum atomic E-state index is -0.318. The van der Waals surface area contributed by atoms with Gasteiger partial charge in [0.25, 0.3) is 0 Å². The number of nitrogens with zero attached hydrogens (tertiary/aromatic N) is 2. The van der Waals surface area contributed by atoms with Crippen molar-refractivity contribution in [2.75, 3.05) is 13.2 Å². The fraction of sp³-hybridized carbons (Fsp3) is 0.733. The van der Waals surface area contributed by atoms with E-state index in [0.29, 0.717) is 6.54 Å². The van der Waals surface area contributed by atoms with Crippen molar-refractivity contribution < 1.29 is 14.6 Å². The molecule has 0 aromatic carbocycles. The highest BCUT2D eigenvalue weighted by molar-refractivity contribution is 5.77. The van der Waals surface area contributed by atoms with E-state index in [9.17, 15) is 4.79 Å². The minimum absolute atomic E-state index is 0.00254. The van der Waals surface area contributed by atoms with Crippen LogP contribution in [0.3, 0.4) is 0 Å². The summed E-state index contributed by atoms with van der Waals surface area (Å²) in [6.45, 7) is 6.43. The molecule has 118 valence electrons. The molecule has 2 rings (SSSR count). The number of fused-ring (bicyclic) bond motifs is 1. The lowest BCUT2D eigenvalue weighted by Gasteiger charge is -2.25. The lowest BCUT2D eigenvalue weighted by atomic mass is 9.93. The molecule has 6 nitrogen and oxygen atoms in total. The number of aliphatic hydroxyl groups excluding tert-OH is 1.